The molecule has 164 valence electrons. The summed E-state index contributed by atoms with van der Waals surface area (Å²) in [7, 11) is 1.60. The first-order chi connectivity index (χ1) is 15.4. The number of fused-ring (bicyclic) bond motifs is 2. The molecule has 2 aromatic carbocycles. The molecule has 0 radical (unpaired) electrons. The number of alkyl halides is 2. The molecule has 0 saturated carbocycles. The van der Waals surface area contributed by atoms with Crippen molar-refractivity contribution in [1.82, 2.24) is 30.1 Å². The summed E-state index contributed by atoms with van der Waals surface area (Å²) in [4.78, 5) is 15.0. The first-order valence-corrected chi connectivity index (χ1v) is 10.2. The second-order valence-corrected chi connectivity index (χ2v) is 7.85. The number of hydrogen-bond donors (Lipinski definition) is 1. The van der Waals surface area contributed by atoms with Crippen molar-refractivity contribution in [3.8, 4) is 5.88 Å². The quantitative estimate of drug-likeness (QED) is 0.473. The van der Waals surface area contributed by atoms with E-state index in [0.717, 1.165) is 16.6 Å². The minimum absolute atomic E-state index is 0.00796. The largest absolute Gasteiger partial charge is 0.414 e. The van der Waals surface area contributed by atoms with E-state index in [1.807, 2.05) is 36.4 Å². The Labute approximate surface area is 185 Å². The van der Waals surface area contributed by atoms with Gasteiger partial charge in [-0.1, -0.05) is 41.1 Å². The molecule has 1 aliphatic rings. The normalized spacial score (nSPS) is 15.7. The van der Waals surface area contributed by atoms with E-state index in [0.29, 0.717) is 23.3 Å². The van der Waals surface area contributed by atoms with Crippen LogP contribution in [0.1, 0.15) is 33.2 Å². The van der Waals surface area contributed by atoms with E-state index in [1.54, 1.807) is 18.0 Å². The molecule has 32 heavy (non-hydrogen) atoms. The van der Waals surface area contributed by atoms with Crippen molar-refractivity contribution in [3.63, 3.8) is 0 Å². The molecule has 8 nitrogen and oxygen atoms in total. The van der Waals surface area contributed by atoms with Gasteiger partial charge in [-0.25, -0.2) is 0 Å². The van der Waals surface area contributed by atoms with Gasteiger partial charge in [0.2, 0.25) is 0 Å². The Hall–Kier alpha value is -3.53. The van der Waals surface area contributed by atoms with Gasteiger partial charge in [-0.15, -0.1) is 10.2 Å². The third-order valence-electron chi connectivity index (χ3n) is 5.59. The van der Waals surface area contributed by atoms with Gasteiger partial charge in [-0.05, 0) is 29.3 Å². The average molecular weight is 459 g/mol. The van der Waals surface area contributed by atoms with Gasteiger partial charge in [0, 0.05) is 25.6 Å². The maximum Gasteiger partial charge on any atom is 0.388 e. The van der Waals surface area contributed by atoms with Crippen LogP contribution in [0.15, 0.2) is 42.5 Å². The van der Waals surface area contributed by atoms with Crippen LogP contribution in [0, 0.1) is 0 Å². The number of nitrogens with zero attached hydrogens (tertiary/aromatic N) is 5. The summed E-state index contributed by atoms with van der Waals surface area (Å²) in [5.41, 5.74) is 4.32. The number of carbonyl (C=O) groups is 1. The number of aromatic nitrogens is 5. The molecule has 4 aromatic rings. The third kappa shape index (κ3) is 3.46. The fourth-order valence-electron chi connectivity index (χ4n) is 4.10. The lowest BCUT2D eigenvalue weighted by molar-refractivity contribution is -0.0530. The van der Waals surface area contributed by atoms with Crippen molar-refractivity contribution in [2.24, 2.45) is 7.05 Å². The van der Waals surface area contributed by atoms with Crippen LogP contribution in [0.5, 0.6) is 5.88 Å². The Bertz CT molecular complexity index is 1320. The van der Waals surface area contributed by atoms with E-state index in [9.17, 15) is 13.6 Å². The summed E-state index contributed by atoms with van der Waals surface area (Å²) < 4.78 is 31.2. The van der Waals surface area contributed by atoms with Crippen LogP contribution in [0.25, 0.3) is 11.0 Å². The number of aromatic amines is 1. The Morgan fingerprint density at radius 2 is 2.06 bits per heavy atom. The van der Waals surface area contributed by atoms with Crippen molar-refractivity contribution in [2.75, 3.05) is 0 Å². The molecular weight excluding hydrogens is 442 g/mol. The van der Waals surface area contributed by atoms with Crippen molar-refractivity contribution < 1.29 is 18.3 Å². The summed E-state index contributed by atoms with van der Waals surface area (Å²) in [6.07, 6.45) is 0.282. The summed E-state index contributed by atoms with van der Waals surface area (Å²) in [5, 5.41) is 14.6. The van der Waals surface area contributed by atoms with Crippen molar-refractivity contribution >= 4 is 28.5 Å². The zero-order chi connectivity index (χ0) is 22.4. The molecule has 1 unspecified atom stereocenters. The van der Waals surface area contributed by atoms with Gasteiger partial charge in [-0.3, -0.25) is 14.6 Å². The number of rotatable bonds is 6. The standard InChI is InChI=1S/C21H17ClF2N6O2/c1-29-17(18(22)19(27-29)32-21(23)24)9-16-12-4-2-3-5-13(12)20(31)30(16)10-11-6-7-14-15(8-11)26-28-25-14/h2-8,16,21H,9-10H2,1H3,(H,25,26,28). The highest BCUT2D eigenvalue weighted by molar-refractivity contribution is 6.32. The SMILES string of the molecule is Cn1nc(OC(F)F)c(Cl)c1CC1c2ccccc2C(=O)N1Cc1ccc2[nH]nnc2c1. The van der Waals surface area contributed by atoms with Crippen molar-refractivity contribution in [2.45, 2.75) is 25.6 Å². The van der Waals surface area contributed by atoms with Crippen LogP contribution in [-0.2, 0) is 20.0 Å². The van der Waals surface area contributed by atoms with E-state index < -0.39 is 6.61 Å². The van der Waals surface area contributed by atoms with Crippen LogP contribution < -0.4 is 4.74 Å². The first kappa shape index (κ1) is 20.4. The predicted molar refractivity (Wildman–Crippen MR) is 111 cm³/mol. The summed E-state index contributed by atoms with van der Waals surface area (Å²) >= 11 is 6.31. The molecule has 11 heteroatoms. The first-order valence-electron chi connectivity index (χ1n) is 9.78. The summed E-state index contributed by atoms with van der Waals surface area (Å²) in [6, 6.07) is 12.6. The molecule has 0 spiro atoms. The molecule has 0 saturated heterocycles. The van der Waals surface area contributed by atoms with Crippen molar-refractivity contribution in [1.29, 1.82) is 0 Å². The Morgan fingerprint density at radius 1 is 1.25 bits per heavy atom. The third-order valence-corrected chi connectivity index (χ3v) is 5.97. The van der Waals surface area contributed by atoms with Crippen LogP contribution in [0.2, 0.25) is 5.02 Å². The summed E-state index contributed by atoms with van der Waals surface area (Å²) in [5.74, 6) is -0.451. The number of benzene rings is 2. The molecule has 0 bridgehead atoms. The predicted octanol–water partition coefficient (Wildman–Crippen LogP) is 3.89. The van der Waals surface area contributed by atoms with Gasteiger partial charge in [0.05, 0.1) is 17.3 Å². The Morgan fingerprint density at radius 3 is 2.88 bits per heavy atom. The minimum Gasteiger partial charge on any atom is -0.414 e. The maximum atomic E-state index is 13.2. The van der Waals surface area contributed by atoms with Crippen LogP contribution in [-0.4, -0.2) is 42.6 Å². The molecule has 5 rings (SSSR count). The number of amides is 1. The number of H-pyrrole nitrogens is 1. The Balaban J connectivity index is 1.50. The highest BCUT2D eigenvalue weighted by Crippen LogP contribution is 2.39. The van der Waals surface area contributed by atoms with Gasteiger partial charge < -0.3 is 9.64 Å². The fourth-order valence-corrected chi connectivity index (χ4v) is 4.38. The number of carbonyl (C=O) groups excluding carboxylic acids is 1. The second kappa shape index (κ2) is 7.86. The van der Waals surface area contributed by atoms with Gasteiger partial charge in [0.25, 0.3) is 11.8 Å². The number of ether oxygens (including phenoxy) is 1. The number of halogens is 3. The van der Waals surface area contributed by atoms with Gasteiger partial charge in [-0.2, -0.15) is 8.78 Å². The number of nitrogens with one attached hydrogen (secondary N) is 1. The van der Waals surface area contributed by atoms with E-state index in [4.69, 9.17) is 11.6 Å². The monoisotopic (exact) mass is 458 g/mol. The lowest BCUT2D eigenvalue weighted by atomic mass is 10.0. The zero-order valence-corrected chi connectivity index (χ0v) is 17.6. The molecule has 1 amide bonds. The fraction of sp³-hybridized carbons (Fsp3) is 0.238. The van der Waals surface area contributed by atoms with Gasteiger partial charge >= 0.3 is 6.61 Å². The molecule has 0 aliphatic carbocycles. The molecular formula is C21H17ClF2N6O2. The lowest BCUT2D eigenvalue weighted by Gasteiger charge is -2.26. The summed E-state index contributed by atoms with van der Waals surface area (Å²) in [6.45, 7) is -2.71. The maximum absolute atomic E-state index is 13.2. The average Bonchev–Trinajstić information content (AvgIpc) is 3.41. The molecule has 1 N–H and O–H groups in total. The second-order valence-electron chi connectivity index (χ2n) is 7.47. The van der Waals surface area contributed by atoms with E-state index in [2.05, 4.69) is 25.2 Å². The highest BCUT2D eigenvalue weighted by Gasteiger charge is 2.38. The molecule has 0 fully saturated rings. The Kier molecular flexibility index (Phi) is 5.01. The van der Waals surface area contributed by atoms with Crippen molar-refractivity contribution in [3.05, 3.63) is 69.9 Å². The van der Waals surface area contributed by atoms with E-state index in [1.165, 1.54) is 4.68 Å². The van der Waals surface area contributed by atoms with Crippen LogP contribution in [0.3, 0.4) is 0 Å². The van der Waals surface area contributed by atoms with Gasteiger partial charge in [0.15, 0.2) is 0 Å². The van der Waals surface area contributed by atoms with E-state index >= 15 is 0 Å². The van der Waals surface area contributed by atoms with Crippen LogP contribution >= 0.6 is 11.6 Å². The minimum atomic E-state index is -3.04. The van der Waals surface area contributed by atoms with E-state index in [-0.39, 0.29) is 29.3 Å². The molecule has 1 aliphatic heterocycles. The van der Waals surface area contributed by atoms with Gasteiger partial charge in [0.1, 0.15) is 10.5 Å². The number of aryl methyl sites for hydroxylation is 1. The van der Waals surface area contributed by atoms with Crippen LogP contribution in [0.4, 0.5) is 8.78 Å². The molecule has 3 heterocycles. The smallest absolute Gasteiger partial charge is 0.388 e. The number of hydrogen-bond acceptors (Lipinski definition) is 5. The lowest BCUT2D eigenvalue weighted by Crippen LogP contribution is -2.29. The molecule has 2 aromatic heterocycles. The topological polar surface area (TPSA) is 88.9 Å². The zero-order valence-electron chi connectivity index (χ0n) is 16.8. The molecule has 1 atom stereocenters. The highest BCUT2D eigenvalue weighted by atomic mass is 35.5.